The van der Waals surface area contributed by atoms with Crippen molar-refractivity contribution in [1.29, 1.82) is 0 Å². The van der Waals surface area contributed by atoms with Gasteiger partial charge in [0.1, 0.15) is 22.7 Å². The Bertz CT molecular complexity index is 1230. The highest BCUT2D eigenvalue weighted by atomic mass is 32.1. The van der Waals surface area contributed by atoms with E-state index < -0.39 is 0 Å². The molecule has 0 fully saturated rings. The van der Waals surface area contributed by atoms with Gasteiger partial charge in [0, 0.05) is 22.4 Å². The van der Waals surface area contributed by atoms with Gasteiger partial charge in [-0.1, -0.05) is 25.1 Å². The lowest BCUT2D eigenvalue weighted by Crippen LogP contribution is -2.34. The Balaban J connectivity index is 1.46. The third kappa shape index (κ3) is 4.06. The molecular formula is C23H20N2O4S. The third-order valence-electron chi connectivity index (χ3n) is 4.56. The largest absolute Gasteiger partial charge is 0.506 e. The van der Waals surface area contributed by atoms with Gasteiger partial charge >= 0.3 is 0 Å². The van der Waals surface area contributed by atoms with Crippen molar-refractivity contribution in [2.45, 2.75) is 13.3 Å². The van der Waals surface area contributed by atoms with Gasteiger partial charge in [0.2, 0.25) is 0 Å². The van der Waals surface area contributed by atoms with Gasteiger partial charge in [-0.15, -0.1) is 0 Å². The van der Waals surface area contributed by atoms with E-state index in [1.54, 1.807) is 36.4 Å². The van der Waals surface area contributed by atoms with E-state index in [-0.39, 0.29) is 16.8 Å². The number of phenols is 1. The molecule has 0 spiro atoms. The van der Waals surface area contributed by atoms with Crippen LogP contribution < -0.4 is 15.4 Å². The van der Waals surface area contributed by atoms with E-state index in [0.717, 1.165) is 22.8 Å². The number of para-hydroxylation sites is 1. The fourth-order valence-corrected chi connectivity index (χ4v) is 3.31. The highest BCUT2D eigenvalue weighted by Gasteiger charge is 2.13. The number of hydrogen-bond acceptors (Lipinski definition) is 5. The SMILES string of the molecule is CCCOc1ccc(C(=O)NC(=S)Nc2cc3oc4ccccc4c3cc2O)cc1. The number of ether oxygens (including phenoxy) is 1. The van der Waals surface area contributed by atoms with Crippen molar-refractivity contribution in [3.8, 4) is 11.5 Å². The van der Waals surface area contributed by atoms with Gasteiger partial charge in [0.05, 0.1) is 12.3 Å². The molecule has 152 valence electrons. The molecule has 6 nitrogen and oxygen atoms in total. The maximum Gasteiger partial charge on any atom is 0.257 e. The number of rotatable bonds is 5. The fraction of sp³-hybridized carbons (Fsp3) is 0.130. The second kappa shape index (κ2) is 8.42. The molecule has 0 saturated heterocycles. The Hall–Kier alpha value is -3.58. The van der Waals surface area contributed by atoms with Gasteiger partial charge in [-0.05, 0) is 55.0 Å². The van der Waals surface area contributed by atoms with Crippen LogP contribution in [0.1, 0.15) is 23.7 Å². The Labute approximate surface area is 178 Å². The smallest absolute Gasteiger partial charge is 0.257 e. The summed E-state index contributed by atoms with van der Waals surface area (Å²) in [4.78, 5) is 12.4. The van der Waals surface area contributed by atoms with Gasteiger partial charge in [-0.3, -0.25) is 10.1 Å². The van der Waals surface area contributed by atoms with E-state index in [2.05, 4.69) is 10.6 Å². The number of carbonyl (C=O) groups excluding carboxylic acids is 1. The lowest BCUT2D eigenvalue weighted by atomic mass is 10.1. The molecule has 0 aliphatic heterocycles. The summed E-state index contributed by atoms with van der Waals surface area (Å²) in [6, 6.07) is 17.7. The normalized spacial score (nSPS) is 10.8. The minimum Gasteiger partial charge on any atom is -0.506 e. The van der Waals surface area contributed by atoms with Crippen LogP contribution in [0.15, 0.2) is 65.1 Å². The van der Waals surface area contributed by atoms with E-state index in [4.69, 9.17) is 21.4 Å². The molecule has 1 aromatic heterocycles. The summed E-state index contributed by atoms with van der Waals surface area (Å²) in [6.45, 7) is 2.65. The Morgan fingerprint density at radius 2 is 1.83 bits per heavy atom. The lowest BCUT2D eigenvalue weighted by Gasteiger charge is -2.11. The van der Waals surface area contributed by atoms with Crippen LogP contribution in [0.25, 0.3) is 21.9 Å². The zero-order valence-electron chi connectivity index (χ0n) is 16.3. The van der Waals surface area contributed by atoms with Gasteiger partial charge < -0.3 is 19.6 Å². The van der Waals surface area contributed by atoms with Crippen molar-refractivity contribution in [2.24, 2.45) is 0 Å². The first-order valence-electron chi connectivity index (χ1n) is 9.54. The molecule has 0 bridgehead atoms. The van der Waals surface area contributed by atoms with Gasteiger partial charge in [0.15, 0.2) is 5.11 Å². The average molecular weight is 420 g/mol. The van der Waals surface area contributed by atoms with Crippen LogP contribution in [-0.4, -0.2) is 22.7 Å². The number of nitrogens with one attached hydrogen (secondary N) is 2. The molecule has 7 heteroatoms. The summed E-state index contributed by atoms with van der Waals surface area (Å²) in [5, 5.41) is 17.6. The lowest BCUT2D eigenvalue weighted by molar-refractivity contribution is 0.0977. The van der Waals surface area contributed by atoms with Crippen LogP contribution in [0.4, 0.5) is 5.69 Å². The number of aromatic hydroxyl groups is 1. The van der Waals surface area contributed by atoms with Gasteiger partial charge in [-0.2, -0.15) is 0 Å². The van der Waals surface area contributed by atoms with E-state index in [1.807, 2.05) is 31.2 Å². The first kappa shape index (κ1) is 19.7. The monoisotopic (exact) mass is 420 g/mol. The number of amides is 1. The Kier molecular flexibility index (Phi) is 5.54. The van der Waals surface area contributed by atoms with E-state index in [9.17, 15) is 9.90 Å². The van der Waals surface area contributed by atoms with E-state index in [1.165, 1.54) is 0 Å². The van der Waals surface area contributed by atoms with Crippen molar-refractivity contribution in [3.05, 3.63) is 66.2 Å². The molecule has 30 heavy (non-hydrogen) atoms. The van der Waals surface area contributed by atoms with Crippen molar-refractivity contribution in [3.63, 3.8) is 0 Å². The number of anilines is 1. The molecule has 4 aromatic rings. The number of hydrogen-bond donors (Lipinski definition) is 3. The fourth-order valence-electron chi connectivity index (χ4n) is 3.11. The molecule has 0 saturated carbocycles. The number of carbonyl (C=O) groups is 1. The van der Waals surface area contributed by atoms with Crippen molar-refractivity contribution < 1.29 is 19.1 Å². The van der Waals surface area contributed by atoms with Crippen LogP contribution in [0, 0.1) is 0 Å². The summed E-state index contributed by atoms with van der Waals surface area (Å²) in [5.74, 6) is 0.347. The molecule has 3 N–H and O–H groups in total. The number of phenolic OH excluding ortho intramolecular Hbond substituents is 1. The van der Waals surface area contributed by atoms with Crippen LogP contribution in [-0.2, 0) is 0 Å². The maximum absolute atomic E-state index is 12.4. The first-order chi connectivity index (χ1) is 14.5. The topological polar surface area (TPSA) is 83.7 Å². The highest BCUT2D eigenvalue weighted by molar-refractivity contribution is 7.80. The zero-order chi connectivity index (χ0) is 21.1. The minimum absolute atomic E-state index is 0.00285. The maximum atomic E-state index is 12.4. The molecule has 0 aliphatic carbocycles. The van der Waals surface area contributed by atoms with E-state index in [0.29, 0.717) is 29.2 Å². The van der Waals surface area contributed by atoms with Crippen molar-refractivity contribution in [2.75, 3.05) is 11.9 Å². The predicted octanol–water partition coefficient (Wildman–Crippen LogP) is 5.21. The van der Waals surface area contributed by atoms with Crippen LogP contribution in [0.5, 0.6) is 11.5 Å². The second-order valence-corrected chi connectivity index (χ2v) is 7.15. The summed E-state index contributed by atoms with van der Waals surface area (Å²) in [6.07, 6.45) is 0.912. The van der Waals surface area contributed by atoms with Crippen molar-refractivity contribution in [1.82, 2.24) is 5.32 Å². The van der Waals surface area contributed by atoms with Gasteiger partial charge in [0.25, 0.3) is 5.91 Å². The number of thiocarbonyl (C=S) groups is 1. The first-order valence-corrected chi connectivity index (χ1v) is 9.95. The van der Waals surface area contributed by atoms with Crippen LogP contribution >= 0.6 is 12.2 Å². The molecular weight excluding hydrogens is 400 g/mol. The molecule has 0 aliphatic rings. The highest BCUT2D eigenvalue weighted by Crippen LogP contribution is 2.35. The Morgan fingerprint density at radius 1 is 1.07 bits per heavy atom. The molecule has 0 unspecified atom stereocenters. The Morgan fingerprint density at radius 3 is 2.60 bits per heavy atom. The second-order valence-electron chi connectivity index (χ2n) is 6.74. The third-order valence-corrected chi connectivity index (χ3v) is 4.76. The molecule has 4 rings (SSSR count). The predicted molar refractivity (Wildman–Crippen MR) is 121 cm³/mol. The summed E-state index contributed by atoms with van der Waals surface area (Å²) in [5.41, 5.74) is 2.12. The van der Waals surface area contributed by atoms with Crippen LogP contribution in [0.2, 0.25) is 0 Å². The average Bonchev–Trinajstić information content (AvgIpc) is 3.10. The van der Waals surface area contributed by atoms with Gasteiger partial charge in [-0.25, -0.2) is 0 Å². The quantitative estimate of drug-likeness (QED) is 0.304. The molecule has 1 heterocycles. The standard InChI is InChI=1S/C23H20N2O4S/c1-2-11-28-15-9-7-14(8-10-15)22(27)25-23(30)24-18-13-21-17(12-19(18)26)16-5-3-4-6-20(16)29-21/h3-10,12-13,26H,2,11H2,1H3,(H2,24,25,27,30). The molecule has 3 aromatic carbocycles. The van der Waals surface area contributed by atoms with E-state index >= 15 is 0 Å². The van der Waals surface area contributed by atoms with Crippen molar-refractivity contribution >= 4 is 50.9 Å². The number of fused-ring (bicyclic) bond motifs is 3. The number of furan rings is 1. The summed E-state index contributed by atoms with van der Waals surface area (Å²) < 4.78 is 11.3. The molecule has 0 atom stereocenters. The zero-order valence-corrected chi connectivity index (χ0v) is 17.1. The molecule has 1 amide bonds. The number of benzene rings is 3. The molecule has 0 radical (unpaired) electrons. The van der Waals surface area contributed by atoms with Crippen LogP contribution in [0.3, 0.4) is 0 Å². The summed E-state index contributed by atoms with van der Waals surface area (Å²) in [7, 11) is 0. The summed E-state index contributed by atoms with van der Waals surface area (Å²) >= 11 is 5.23. The minimum atomic E-state index is -0.362.